The quantitative estimate of drug-likeness (QED) is 0.333. The van der Waals surface area contributed by atoms with Crippen molar-refractivity contribution in [3.63, 3.8) is 0 Å². The molecule has 2 aromatic carbocycles. The summed E-state index contributed by atoms with van der Waals surface area (Å²) in [5.41, 5.74) is 8.77. The van der Waals surface area contributed by atoms with Gasteiger partial charge in [0, 0.05) is 12.0 Å². The highest BCUT2D eigenvalue weighted by Crippen LogP contribution is 2.47. The van der Waals surface area contributed by atoms with Crippen LogP contribution in [0.4, 0.5) is 0 Å². The molecule has 0 saturated heterocycles. The van der Waals surface area contributed by atoms with Gasteiger partial charge in [-0.05, 0) is 65.5 Å². The van der Waals surface area contributed by atoms with Crippen LogP contribution in [0.2, 0.25) is 0 Å². The average Bonchev–Trinajstić information content (AvgIpc) is 2.77. The molecule has 0 atom stereocenters. The molecule has 0 unspecified atom stereocenters. The van der Waals surface area contributed by atoms with Gasteiger partial charge in [0.05, 0.1) is 5.56 Å². The third-order valence-electron chi connectivity index (χ3n) is 6.62. The van der Waals surface area contributed by atoms with Crippen LogP contribution in [0.25, 0.3) is 0 Å². The minimum Gasteiger partial charge on any atom is -0.478 e. The molecule has 1 N–H and O–H groups in total. The van der Waals surface area contributed by atoms with Gasteiger partial charge in [-0.25, -0.2) is 4.79 Å². The highest BCUT2D eigenvalue weighted by atomic mass is 16.5. The topological polar surface area (TPSA) is 46.5 Å². The van der Waals surface area contributed by atoms with Crippen LogP contribution in [0.5, 0.6) is 11.5 Å². The van der Waals surface area contributed by atoms with E-state index in [-0.39, 0.29) is 0 Å². The van der Waals surface area contributed by atoms with Gasteiger partial charge in [0.25, 0.3) is 0 Å². The van der Waals surface area contributed by atoms with E-state index in [0.717, 1.165) is 92.4 Å². The van der Waals surface area contributed by atoms with Crippen molar-refractivity contribution in [2.45, 2.75) is 105 Å². The Kier molecular flexibility index (Phi) is 8.39. The molecule has 1 heterocycles. The van der Waals surface area contributed by atoms with Crippen LogP contribution in [0, 0.1) is 0 Å². The maximum absolute atomic E-state index is 12.6. The second-order valence-electron chi connectivity index (χ2n) is 9.14. The Hall–Kier alpha value is -2.29. The zero-order valence-corrected chi connectivity index (χ0v) is 20.7. The van der Waals surface area contributed by atoms with Crippen LogP contribution in [0.3, 0.4) is 0 Å². The van der Waals surface area contributed by atoms with Crippen molar-refractivity contribution in [3.8, 4) is 11.5 Å². The lowest BCUT2D eigenvalue weighted by molar-refractivity contribution is 0.0693. The van der Waals surface area contributed by atoms with Crippen molar-refractivity contribution in [1.82, 2.24) is 0 Å². The van der Waals surface area contributed by atoms with Gasteiger partial charge < -0.3 is 9.84 Å². The molecule has 0 saturated carbocycles. The molecule has 174 valence electrons. The minimum absolute atomic E-state index is 0.505. The second-order valence-corrected chi connectivity index (χ2v) is 9.14. The van der Waals surface area contributed by atoms with Crippen LogP contribution < -0.4 is 4.74 Å². The molecule has 0 radical (unpaired) electrons. The molecule has 0 bridgehead atoms. The van der Waals surface area contributed by atoms with E-state index >= 15 is 0 Å². The normalized spacial score (nSPS) is 12.3. The molecule has 1 aliphatic heterocycles. The standard InChI is InChI=1S/C29H40O3/c1-6-11-19-16-17-20-18-25-26(29(30)31)23(14-9-4)22(13-8-3)24(15-10-5)28(25)32-27(20)21(19)12-7-2/h16-17H,6-15,18H2,1-5H3,(H,30,31). The van der Waals surface area contributed by atoms with Crippen molar-refractivity contribution in [1.29, 1.82) is 0 Å². The molecule has 2 aromatic rings. The van der Waals surface area contributed by atoms with Gasteiger partial charge in [0.15, 0.2) is 0 Å². The summed E-state index contributed by atoms with van der Waals surface area (Å²) in [6, 6.07) is 4.42. The number of carbonyl (C=O) groups is 1. The molecule has 0 amide bonds. The molecule has 0 aromatic heterocycles. The molecule has 0 spiro atoms. The lowest BCUT2D eigenvalue weighted by Crippen LogP contribution is -2.19. The van der Waals surface area contributed by atoms with E-state index in [1.165, 1.54) is 22.3 Å². The highest BCUT2D eigenvalue weighted by Gasteiger charge is 2.32. The van der Waals surface area contributed by atoms with Gasteiger partial charge in [-0.1, -0.05) is 78.9 Å². The van der Waals surface area contributed by atoms with Crippen LogP contribution in [-0.2, 0) is 38.5 Å². The summed E-state index contributed by atoms with van der Waals surface area (Å²) in [6.45, 7) is 10.9. The van der Waals surface area contributed by atoms with E-state index < -0.39 is 5.97 Å². The van der Waals surface area contributed by atoms with Gasteiger partial charge >= 0.3 is 5.97 Å². The first-order valence-electron chi connectivity index (χ1n) is 12.8. The Morgan fingerprint density at radius 3 is 1.91 bits per heavy atom. The van der Waals surface area contributed by atoms with Crippen LogP contribution in [0.1, 0.15) is 116 Å². The van der Waals surface area contributed by atoms with E-state index in [1.54, 1.807) is 0 Å². The summed E-state index contributed by atoms with van der Waals surface area (Å²) in [6.07, 6.45) is 10.5. The van der Waals surface area contributed by atoms with Crippen molar-refractivity contribution >= 4 is 5.97 Å². The molecular formula is C29H40O3. The third kappa shape index (κ3) is 4.58. The predicted molar refractivity (Wildman–Crippen MR) is 133 cm³/mol. The highest BCUT2D eigenvalue weighted by molar-refractivity contribution is 5.94. The number of benzene rings is 2. The number of aromatic carboxylic acids is 1. The van der Waals surface area contributed by atoms with E-state index in [2.05, 4.69) is 46.8 Å². The largest absolute Gasteiger partial charge is 0.478 e. The predicted octanol–water partition coefficient (Wildman–Crippen LogP) is 7.84. The summed E-state index contributed by atoms with van der Waals surface area (Å²) in [4.78, 5) is 12.6. The number of carboxylic acid groups (broad SMARTS) is 1. The van der Waals surface area contributed by atoms with E-state index in [0.29, 0.717) is 12.0 Å². The molecule has 3 rings (SSSR count). The van der Waals surface area contributed by atoms with E-state index in [1.807, 2.05) is 0 Å². The first kappa shape index (κ1) is 24.4. The summed E-state index contributed by atoms with van der Waals surface area (Å²) in [7, 11) is 0. The molecule has 0 fully saturated rings. The van der Waals surface area contributed by atoms with Crippen LogP contribution in [-0.4, -0.2) is 11.1 Å². The molecule has 3 nitrogen and oxygen atoms in total. The van der Waals surface area contributed by atoms with Crippen molar-refractivity contribution < 1.29 is 14.6 Å². The molecule has 32 heavy (non-hydrogen) atoms. The minimum atomic E-state index is -0.812. The van der Waals surface area contributed by atoms with Gasteiger partial charge in [0.1, 0.15) is 11.5 Å². The number of hydrogen-bond donors (Lipinski definition) is 1. The number of hydrogen-bond acceptors (Lipinski definition) is 2. The first-order chi connectivity index (χ1) is 15.5. The summed E-state index contributed by atoms with van der Waals surface area (Å²) in [5.74, 6) is 1.05. The Morgan fingerprint density at radius 1 is 0.750 bits per heavy atom. The Bertz CT molecular complexity index is 971. The van der Waals surface area contributed by atoms with Crippen molar-refractivity contribution in [3.05, 3.63) is 56.6 Å². The molecule has 1 aliphatic rings. The van der Waals surface area contributed by atoms with Gasteiger partial charge in [-0.15, -0.1) is 0 Å². The summed E-state index contributed by atoms with van der Waals surface area (Å²) >= 11 is 0. The average molecular weight is 437 g/mol. The maximum Gasteiger partial charge on any atom is 0.336 e. The SMILES string of the molecule is CCCc1ccc2c(c1CCC)Oc1c(CCC)c(CCC)c(CCC)c(C(=O)O)c1C2. The summed E-state index contributed by atoms with van der Waals surface area (Å²) in [5, 5.41) is 10.3. The summed E-state index contributed by atoms with van der Waals surface area (Å²) < 4.78 is 6.78. The number of aryl methyl sites for hydroxylation is 1. The van der Waals surface area contributed by atoms with Crippen molar-refractivity contribution in [2.75, 3.05) is 0 Å². The fourth-order valence-electron chi connectivity index (χ4n) is 5.39. The smallest absolute Gasteiger partial charge is 0.336 e. The Balaban J connectivity index is 2.31. The molecule has 3 heteroatoms. The third-order valence-corrected chi connectivity index (χ3v) is 6.62. The van der Waals surface area contributed by atoms with Crippen molar-refractivity contribution in [2.24, 2.45) is 0 Å². The van der Waals surface area contributed by atoms with E-state index in [9.17, 15) is 9.90 Å². The lowest BCUT2D eigenvalue weighted by atomic mass is 9.81. The van der Waals surface area contributed by atoms with E-state index in [4.69, 9.17) is 4.74 Å². The van der Waals surface area contributed by atoms with Gasteiger partial charge in [-0.2, -0.15) is 0 Å². The van der Waals surface area contributed by atoms with Crippen LogP contribution >= 0.6 is 0 Å². The van der Waals surface area contributed by atoms with Crippen LogP contribution in [0.15, 0.2) is 12.1 Å². The van der Waals surface area contributed by atoms with Gasteiger partial charge in [-0.3, -0.25) is 0 Å². The fourth-order valence-corrected chi connectivity index (χ4v) is 5.39. The second kappa shape index (κ2) is 11.0. The zero-order valence-electron chi connectivity index (χ0n) is 20.7. The molecule has 0 aliphatic carbocycles. The maximum atomic E-state index is 12.6. The van der Waals surface area contributed by atoms with Gasteiger partial charge in [0.2, 0.25) is 0 Å². The zero-order chi connectivity index (χ0) is 23.3. The monoisotopic (exact) mass is 436 g/mol. The number of fused-ring (bicyclic) bond motifs is 2. The number of rotatable bonds is 11. The lowest BCUT2D eigenvalue weighted by Gasteiger charge is -2.30. The number of ether oxygens (including phenoxy) is 1. The Labute approximate surface area is 194 Å². The number of carboxylic acids is 1. The Morgan fingerprint density at radius 2 is 1.31 bits per heavy atom. The first-order valence-corrected chi connectivity index (χ1v) is 12.8. The fraction of sp³-hybridized carbons (Fsp3) is 0.552. The molecular weight excluding hydrogens is 396 g/mol.